The van der Waals surface area contributed by atoms with E-state index in [2.05, 4.69) is 37.7 Å². The fourth-order valence-electron chi connectivity index (χ4n) is 1.26. The zero-order valence-electron chi connectivity index (χ0n) is 8.83. The Morgan fingerprint density at radius 2 is 2.31 bits per heavy atom. The first kappa shape index (κ1) is 11.4. The minimum Gasteiger partial charge on any atom is -0.398 e. The number of aromatic nitrogens is 1. The number of halogens is 1. The molecule has 0 aliphatic heterocycles. The first-order valence-corrected chi connectivity index (χ1v) is 6.51. The third-order valence-electron chi connectivity index (χ3n) is 2.21. The molecule has 3 nitrogen and oxygen atoms in total. The summed E-state index contributed by atoms with van der Waals surface area (Å²) in [7, 11) is 0. The molecule has 0 saturated heterocycles. The van der Waals surface area contributed by atoms with Crippen LogP contribution in [-0.4, -0.2) is 4.98 Å². The molecule has 0 aromatic carbocycles. The standard InChI is InChI=1S/C11H12BrN3S/c1-7-4-14-11(3-10(7)13)15-5-9-2-8(12)6-16-9/h2-4,6H,5H2,1H3,(H3,13,14,15). The normalized spacial score (nSPS) is 10.4. The van der Waals surface area contributed by atoms with Crippen molar-refractivity contribution in [3.8, 4) is 0 Å². The van der Waals surface area contributed by atoms with E-state index in [1.54, 1.807) is 17.5 Å². The average molecular weight is 298 g/mol. The van der Waals surface area contributed by atoms with E-state index in [1.165, 1.54) is 4.88 Å². The van der Waals surface area contributed by atoms with Crippen LogP contribution in [0, 0.1) is 6.92 Å². The maximum Gasteiger partial charge on any atom is 0.128 e. The summed E-state index contributed by atoms with van der Waals surface area (Å²) in [4.78, 5) is 5.52. The van der Waals surface area contributed by atoms with Gasteiger partial charge in [-0.05, 0) is 34.5 Å². The molecule has 2 aromatic heterocycles. The van der Waals surface area contributed by atoms with Crippen molar-refractivity contribution in [2.75, 3.05) is 11.1 Å². The van der Waals surface area contributed by atoms with E-state index in [0.29, 0.717) is 0 Å². The number of nitrogens with two attached hydrogens (primary N) is 1. The molecule has 0 aliphatic rings. The van der Waals surface area contributed by atoms with Gasteiger partial charge in [-0.1, -0.05) is 0 Å². The predicted octanol–water partition coefficient (Wildman–Crippen LogP) is 3.41. The van der Waals surface area contributed by atoms with Crippen LogP contribution in [0.3, 0.4) is 0 Å². The van der Waals surface area contributed by atoms with Crippen LogP contribution in [0.15, 0.2) is 28.2 Å². The summed E-state index contributed by atoms with van der Waals surface area (Å²) in [6, 6.07) is 3.95. The molecular formula is C11H12BrN3S. The Labute approximate surface area is 107 Å². The number of pyridine rings is 1. The lowest BCUT2D eigenvalue weighted by Gasteiger charge is -2.06. The zero-order chi connectivity index (χ0) is 11.5. The maximum absolute atomic E-state index is 5.81. The Bertz CT molecular complexity index is 496. The molecule has 0 atom stereocenters. The Balaban J connectivity index is 2.02. The Morgan fingerprint density at radius 3 is 2.94 bits per heavy atom. The average Bonchev–Trinajstić information content (AvgIpc) is 2.66. The van der Waals surface area contributed by atoms with Crippen molar-refractivity contribution in [2.45, 2.75) is 13.5 Å². The molecule has 0 fully saturated rings. The van der Waals surface area contributed by atoms with Crippen LogP contribution < -0.4 is 11.1 Å². The number of anilines is 2. The summed E-state index contributed by atoms with van der Waals surface area (Å²) in [5.41, 5.74) is 7.58. The fourth-order valence-corrected chi connectivity index (χ4v) is 2.65. The predicted molar refractivity (Wildman–Crippen MR) is 72.7 cm³/mol. The molecule has 0 saturated carbocycles. The molecule has 0 radical (unpaired) electrons. The van der Waals surface area contributed by atoms with Gasteiger partial charge in [-0.15, -0.1) is 11.3 Å². The van der Waals surface area contributed by atoms with Crippen LogP contribution in [0.25, 0.3) is 0 Å². The number of nitrogens with one attached hydrogen (secondary N) is 1. The van der Waals surface area contributed by atoms with Gasteiger partial charge >= 0.3 is 0 Å². The number of hydrogen-bond donors (Lipinski definition) is 2. The number of aryl methyl sites for hydroxylation is 1. The van der Waals surface area contributed by atoms with Gasteiger partial charge in [-0.2, -0.15) is 0 Å². The highest BCUT2D eigenvalue weighted by atomic mass is 79.9. The molecule has 0 bridgehead atoms. The molecule has 5 heteroatoms. The number of nitrogens with zero attached hydrogens (tertiary/aromatic N) is 1. The van der Waals surface area contributed by atoms with Crippen LogP contribution >= 0.6 is 27.3 Å². The molecule has 2 heterocycles. The summed E-state index contributed by atoms with van der Waals surface area (Å²) in [5, 5.41) is 5.30. The molecule has 2 rings (SSSR count). The molecule has 0 amide bonds. The van der Waals surface area contributed by atoms with Gasteiger partial charge in [0.05, 0.1) is 6.54 Å². The molecule has 3 N–H and O–H groups in total. The minimum absolute atomic E-state index is 0.768. The maximum atomic E-state index is 5.81. The van der Waals surface area contributed by atoms with Gasteiger partial charge in [0.25, 0.3) is 0 Å². The molecule has 84 valence electrons. The largest absolute Gasteiger partial charge is 0.398 e. The van der Waals surface area contributed by atoms with E-state index >= 15 is 0 Å². The molecular weight excluding hydrogens is 286 g/mol. The first-order valence-electron chi connectivity index (χ1n) is 4.84. The Hall–Kier alpha value is -1.07. The summed E-state index contributed by atoms with van der Waals surface area (Å²) >= 11 is 5.13. The quantitative estimate of drug-likeness (QED) is 0.913. The Morgan fingerprint density at radius 1 is 1.50 bits per heavy atom. The number of rotatable bonds is 3. The van der Waals surface area contributed by atoms with Crippen molar-refractivity contribution in [3.05, 3.63) is 38.6 Å². The third kappa shape index (κ3) is 2.74. The van der Waals surface area contributed by atoms with E-state index in [9.17, 15) is 0 Å². The lowest BCUT2D eigenvalue weighted by Crippen LogP contribution is -2.01. The number of hydrogen-bond acceptors (Lipinski definition) is 4. The molecule has 0 spiro atoms. The topological polar surface area (TPSA) is 50.9 Å². The van der Waals surface area contributed by atoms with Gasteiger partial charge in [-0.3, -0.25) is 0 Å². The van der Waals surface area contributed by atoms with Gasteiger partial charge in [0, 0.05) is 32.7 Å². The summed E-state index contributed by atoms with van der Waals surface area (Å²) in [6.45, 7) is 2.72. The van der Waals surface area contributed by atoms with E-state index in [-0.39, 0.29) is 0 Å². The molecule has 2 aromatic rings. The summed E-state index contributed by atoms with van der Waals surface area (Å²) < 4.78 is 1.12. The zero-order valence-corrected chi connectivity index (χ0v) is 11.2. The third-order valence-corrected chi connectivity index (χ3v) is 3.91. The van der Waals surface area contributed by atoms with E-state index in [4.69, 9.17) is 5.73 Å². The second-order valence-corrected chi connectivity index (χ2v) is 5.42. The van der Waals surface area contributed by atoms with Crippen LogP contribution in [0.2, 0.25) is 0 Å². The van der Waals surface area contributed by atoms with Crippen LogP contribution in [0.4, 0.5) is 11.5 Å². The van der Waals surface area contributed by atoms with Crippen LogP contribution in [-0.2, 0) is 6.54 Å². The van der Waals surface area contributed by atoms with E-state index < -0.39 is 0 Å². The van der Waals surface area contributed by atoms with Gasteiger partial charge in [0.1, 0.15) is 5.82 Å². The fraction of sp³-hybridized carbons (Fsp3) is 0.182. The molecule has 0 unspecified atom stereocenters. The van der Waals surface area contributed by atoms with Crippen molar-refractivity contribution in [3.63, 3.8) is 0 Å². The van der Waals surface area contributed by atoms with Crippen LogP contribution in [0.5, 0.6) is 0 Å². The SMILES string of the molecule is Cc1cnc(NCc2cc(Br)cs2)cc1N. The molecule has 0 aliphatic carbocycles. The van der Waals surface area contributed by atoms with Crippen molar-refractivity contribution in [2.24, 2.45) is 0 Å². The second-order valence-electron chi connectivity index (χ2n) is 3.51. The number of nitrogen functional groups attached to an aromatic ring is 1. The number of thiophene rings is 1. The summed E-state index contributed by atoms with van der Waals surface area (Å²) in [5.74, 6) is 0.813. The lowest BCUT2D eigenvalue weighted by atomic mass is 10.2. The highest BCUT2D eigenvalue weighted by Crippen LogP contribution is 2.21. The highest BCUT2D eigenvalue weighted by molar-refractivity contribution is 9.10. The van der Waals surface area contributed by atoms with E-state index in [0.717, 1.165) is 28.1 Å². The van der Waals surface area contributed by atoms with Crippen molar-refractivity contribution >= 4 is 38.8 Å². The van der Waals surface area contributed by atoms with Crippen molar-refractivity contribution in [1.29, 1.82) is 0 Å². The molecule has 16 heavy (non-hydrogen) atoms. The van der Waals surface area contributed by atoms with Gasteiger partial charge < -0.3 is 11.1 Å². The van der Waals surface area contributed by atoms with Gasteiger partial charge in [0.15, 0.2) is 0 Å². The highest BCUT2D eigenvalue weighted by Gasteiger charge is 2.00. The minimum atomic E-state index is 0.768. The van der Waals surface area contributed by atoms with Crippen molar-refractivity contribution in [1.82, 2.24) is 4.98 Å². The van der Waals surface area contributed by atoms with Gasteiger partial charge in [0.2, 0.25) is 0 Å². The van der Waals surface area contributed by atoms with Gasteiger partial charge in [-0.25, -0.2) is 4.98 Å². The van der Waals surface area contributed by atoms with Crippen LogP contribution in [0.1, 0.15) is 10.4 Å². The smallest absolute Gasteiger partial charge is 0.128 e. The first-order chi connectivity index (χ1) is 7.65. The van der Waals surface area contributed by atoms with Crippen molar-refractivity contribution < 1.29 is 0 Å². The Kier molecular flexibility index (Phi) is 3.46. The van der Waals surface area contributed by atoms with E-state index in [1.807, 2.05) is 13.0 Å². The monoisotopic (exact) mass is 297 g/mol. The summed E-state index contributed by atoms with van der Waals surface area (Å²) in [6.07, 6.45) is 1.78. The lowest BCUT2D eigenvalue weighted by molar-refractivity contribution is 1.13. The second kappa shape index (κ2) is 4.84.